The minimum Gasteiger partial charge on any atom is -0.491 e. The van der Waals surface area contributed by atoms with Crippen LogP contribution in [0.5, 0.6) is 5.75 Å². The number of fused-ring (bicyclic) bond motifs is 1. The van der Waals surface area contributed by atoms with Crippen molar-refractivity contribution in [2.75, 3.05) is 6.61 Å². The van der Waals surface area contributed by atoms with Gasteiger partial charge in [-0.15, -0.1) is 0 Å². The number of halogens is 1. The number of ether oxygens (including phenoxy) is 1. The van der Waals surface area contributed by atoms with Gasteiger partial charge in [-0.2, -0.15) is 0 Å². The lowest BCUT2D eigenvalue weighted by Gasteiger charge is -2.07. The Balaban J connectivity index is 1.85. The number of benzene rings is 1. The van der Waals surface area contributed by atoms with Crippen molar-refractivity contribution in [1.82, 2.24) is 0 Å². The fourth-order valence-corrected chi connectivity index (χ4v) is 3.27. The molecule has 1 heterocycles. The molecule has 2 rings (SSSR count). The topological polar surface area (TPSA) is 39.4 Å². The van der Waals surface area contributed by atoms with Crippen LogP contribution >= 0.6 is 0 Å². The van der Waals surface area contributed by atoms with Gasteiger partial charge in [0.05, 0.1) is 6.61 Å². The highest BCUT2D eigenvalue weighted by atomic mass is 19.1. The molecule has 4 heteroatoms. The molecule has 0 unspecified atom stereocenters. The van der Waals surface area contributed by atoms with E-state index in [9.17, 15) is 9.18 Å². The Bertz CT molecular complexity index is 736. The highest BCUT2D eigenvalue weighted by Gasteiger charge is 2.14. The molecule has 0 radical (unpaired) electrons. The average molecular weight is 362 g/mol. The van der Waals surface area contributed by atoms with Crippen molar-refractivity contribution in [3.05, 3.63) is 40.2 Å². The summed E-state index contributed by atoms with van der Waals surface area (Å²) in [6.07, 6.45) is 12.0. The van der Waals surface area contributed by atoms with E-state index >= 15 is 0 Å². The van der Waals surface area contributed by atoms with E-state index in [2.05, 4.69) is 6.92 Å². The molecule has 1 aromatic heterocycles. The van der Waals surface area contributed by atoms with Gasteiger partial charge < -0.3 is 9.15 Å². The third-order valence-electron chi connectivity index (χ3n) is 4.71. The van der Waals surface area contributed by atoms with Crippen LogP contribution in [-0.4, -0.2) is 6.61 Å². The lowest BCUT2D eigenvalue weighted by molar-refractivity contribution is 0.322. The van der Waals surface area contributed by atoms with Crippen molar-refractivity contribution in [1.29, 1.82) is 0 Å². The zero-order valence-corrected chi connectivity index (χ0v) is 16.1. The average Bonchev–Trinajstić information content (AvgIpc) is 2.62. The molecule has 0 fully saturated rings. The number of unbranched alkanes of at least 4 members (excludes halogenated alkanes) is 8. The maximum absolute atomic E-state index is 14.4. The van der Waals surface area contributed by atoms with Gasteiger partial charge in [0.1, 0.15) is 11.1 Å². The van der Waals surface area contributed by atoms with Gasteiger partial charge in [-0.25, -0.2) is 9.18 Å². The van der Waals surface area contributed by atoms with Crippen LogP contribution in [0.1, 0.15) is 77.4 Å². The van der Waals surface area contributed by atoms with Crippen LogP contribution in [0.25, 0.3) is 10.8 Å². The quantitative estimate of drug-likeness (QED) is 0.410. The fourth-order valence-electron chi connectivity index (χ4n) is 3.27. The van der Waals surface area contributed by atoms with Crippen molar-refractivity contribution >= 4 is 10.8 Å². The Morgan fingerprint density at radius 1 is 0.962 bits per heavy atom. The zero-order chi connectivity index (χ0) is 18.8. The summed E-state index contributed by atoms with van der Waals surface area (Å²) < 4.78 is 24.9. The van der Waals surface area contributed by atoms with E-state index in [4.69, 9.17) is 9.15 Å². The van der Waals surface area contributed by atoms with E-state index in [-0.39, 0.29) is 11.1 Å². The first-order valence-corrected chi connectivity index (χ1v) is 10.0. The van der Waals surface area contributed by atoms with Crippen LogP contribution in [0.15, 0.2) is 27.4 Å². The largest absolute Gasteiger partial charge is 0.491 e. The van der Waals surface area contributed by atoms with Crippen LogP contribution in [0.2, 0.25) is 0 Å². The second-order valence-corrected chi connectivity index (χ2v) is 6.85. The molecular weight excluding hydrogens is 331 g/mol. The molecule has 0 saturated heterocycles. The van der Waals surface area contributed by atoms with Gasteiger partial charge in [-0.1, -0.05) is 64.4 Å². The van der Waals surface area contributed by atoms with Crippen molar-refractivity contribution in [2.45, 2.75) is 78.1 Å². The van der Waals surface area contributed by atoms with Gasteiger partial charge >= 0.3 is 5.63 Å². The molecular formula is C22H31FO3. The third kappa shape index (κ3) is 5.86. The second kappa shape index (κ2) is 11.0. The first-order valence-electron chi connectivity index (χ1n) is 10.0. The van der Waals surface area contributed by atoms with Gasteiger partial charge in [0.2, 0.25) is 0 Å². The SMILES string of the molecule is CCCCCCCCCCCc1cc2ccc(OCC)c(F)c2c(=O)o1. The summed E-state index contributed by atoms with van der Waals surface area (Å²) in [7, 11) is 0. The van der Waals surface area contributed by atoms with E-state index in [0.717, 1.165) is 19.3 Å². The van der Waals surface area contributed by atoms with Crippen LogP contribution in [0.3, 0.4) is 0 Å². The predicted molar refractivity (Wildman–Crippen MR) is 105 cm³/mol. The molecule has 0 aliphatic rings. The molecule has 1 aromatic carbocycles. The number of hydrogen-bond donors (Lipinski definition) is 0. The van der Waals surface area contributed by atoms with Crippen molar-refractivity contribution in [2.24, 2.45) is 0 Å². The summed E-state index contributed by atoms with van der Waals surface area (Å²) >= 11 is 0. The molecule has 0 atom stereocenters. The summed E-state index contributed by atoms with van der Waals surface area (Å²) in [5.74, 6) is 0.0979. The molecule has 0 aliphatic carbocycles. The Morgan fingerprint density at radius 2 is 1.62 bits per heavy atom. The molecule has 144 valence electrons. The Labute approximate surface area is 155 Å². The lowest BCUT2D eigenvalue weighted by Crippen LogP contribution is -2.06. The van der Waals surface area contributed by atoms with E-state index in [1.54, 1.807) is 25.1 Å². The molecule has 3 nitrogen and oxygen atoms in total. The van der Waals surface area contributed by atoms with Gasteiger partial charge in [0.25, 0.3) is 0 Å². The second-order valence-electron chi connectivity index (χ2n) is 6.85. The molecule has 0 amide bonds. The van der Waals surface area contributed by atoms with Gasteiger partial charge in [0.15, 0.2) is 11.6 Å². The van der Waals surface area contributed by atoms with E-state index in [1.807, 2.05) is 0 Å². The Kier molecular flexibility index (Phi) is 8.66. The van der Waals surface area contributed by atoms with Crippen molar-refractivity contribution < 1.29 is 13.5 Å². The third-order valence-corrected chi connectivity index (χ3v) is 4.71. The zero-order valence-electron chi connectivity index (χ0n) is 16.1. The Hall–Kier alpha value is -1.84. The van der Waals surface area contributed by atoms with Crippen molar-refractivity contribution in [3.8, 4) is 5.75 Å². The van der Waals surface area contributed by atoms with E-state index < -0.39 is 11.4 Å². The van der Waals surface area contributed by atoms with Crippen LogP contribution < -0.4 is 10.4 Å². The maximum atomic E-state index is 14.4. The van der Waals surface area contributed by atoms with Gasteiger partial charge in [0, 0.05) is 6.42 Å². The molecule has 0 N–H and O–H groups in total. The number of hydrogen-bond acceptors (Lipinski definition) is 3. The molecule has 26 heavy (non-hydrogen) atoms. The maximum Gasteiger partial charge on any atom is 0.346 e. The fraction of sp³-hybridized carbons (Fsp3) is 0.591. The van der Waals surface area contributed by atoms with Gasteiger partial charge in [-0.05, 0) is 30.9 Å². The smallest absolute Gasteiger partial charge is 0.346 e. The van der Waals surface area contributed by atoms with E-state index in [0.29, 0.717) is 17.8 Å². The summed E-state index contributed by atoms with van der Waals surface area (Å²) in [4.78, 5) is 12.2. The summed E-state index contributed by atoms with van der Waals surface area (Å²) in [5.41, 5.74) is -0.618. The molecule has 0 aliphatic heterocycles. The van der Waals surface area contributed by atoms with Crippen LogP contribution in [-0.2, 0) is 6.42 Å². The molecule has 0 spiro atoms. The van der Waals surface area contributed by atoms with Crippen molar-refractivity contribution in [3.63, 3.8) is 0 Å². The number of rotatable bonds is 12. The Morgan fingerprint density at radius 3 is 2.27 bits per heavy atom. The lowest BCUT2D eigenvalue weighted by atomic mass is 10.1. The normalized spacial score (nSPS) is 11.2. The molecule has 0 bridgehead atoms. The minimum absolute atomic E-state index is 0.0215. The monoisotopic (exact) mass is 362 g/mol. The first kappa shape index (κ1) is 20.5. The predicted octanol–water partition coefficient (Wildman–Crippen LogP) is 6.40. The van der Waals surface area contributed by atoms with Gasteiger partial charge in [-0.3, -0.25) is 0 Å². The molecule has 0 saturated carbocycles. The number of aryl methyl sites for hydroxylation is 1. The summed E-state index contributed by atoms with van der Waals surface area (Å²) in [6.45, 7) is 4.36. The summed E-state index contributed by atoms with van der Waals surface area (Å²) in [5, 5.41) is 0.555. The standard InChI is InChI=1S/C22H31FO3/c1-3-5-6-7-8-9-10-11-12-13-18-16-17-14-15-19(25-4-2)21(23)20(17)22(24)26-18/h14-16H,3-13H2,1-2H3. The summed E-state index contributed by atoms with van der Waals surface area (Å²) in [6, 6.07) is 5.07. The van der Waals surface area contributed by atoms with Crippen LogP contribution in [0.4, 0.5) is 4.39 Å². The highest BCUT2D eigenvalue weighted by Crippen LogP contribution is 2.25. The minimum atomic E-state index is -0.632. The van der Waals surface area contributed by atoms with E-state index in [1.165, 1.54) is 44.9 Å². The highest BCUT2D eigenvalue weighted by molar-refractivity contribution is 5.83. The molecule has 2 aromatic rings. The van der Waals surface area contributed by atoms with Crippen LogP contribution in [0, 0.1) is 5.82 Å². The first-order chi connectivity index (χ1) is 12.7.